The van der Waals surface area contributed by atoms with Crippen LogP contribution in [0.25, 0.3) is 22.4 Å². The summed E-state index contributed by atoms with van der Waals surface area (Å²) in [5.74, 6) is 0. The Bertz CT molecular complexity index is 974. The van der Waals surface area contributed by atoms with Gasteiger partial charge in [0.2, 0.25) is 0 Å². The maximum atomic E-state index is 13.6. The number of rotatable bonds is 8. The molecule has 3 rings (SSSR count). The SMILES string of the molecule is CCCCCCCCn1c(=O)[nH]c2c(C(F)(F)F)cc(-c3ccccc3)nc21. The molecule has 1 N–H and O–H groups in total. The van der Waals surface area contributed by atoms with Crippen LogP contribution in [-0.4, -0.2) is 14.5 Å². The monoisotopic (exact) mass is 391 g/mol. The fraction of sp³-hybridized carbons (Fsp3) is 0.429. The number of unbranched alkanes of at least 4 members (excludes halogenated alkanes) is 5. The minimum Gasteiger partial charge on any atom is -0.304 e. The smallest absolute Gasteiger partial charge is 0.304 e. The number of nitrogens with one attached hydrogen (secondary N) is 1. The molecule has 2 aromatic heterocycles. The first-order valence-corrected chi connectivity index (χ1v) is 9.68. The number of benzene rings is 1. The highest BCUT2D eigenvalue weighted by atomic mass is 19.4. The van der Waals surface area contributed by atoms with E-state index in [0.717, 1.165) is 38.2 Å². The highest BCUT2D eigenvalue weighted by Crippen LogP contribution is 2.35. The molecule has 7 heteroatoms. The van der Waals surface area contributed by atoms with Gasteiger partial charge < -0.3 is 4.98 Å². The maximum absolute atomic E-state index is 13.6. The van der Waals surface area contributed by atoms with Crippen molar-refractivity contribution in [1.82, 2.24) is 14.5 Å². The molecule has 3 aromatic rings. The molecule has 0 spiro atoms. The quantitative estimate of drug-likeness (QED) is 0.496. The molecule has 0 aliphatic rings. The molecule has 0 aliphatic heterocycles. The molecule has 0 aliphatic carbocycles. The summed E-state index contributed by atoms with van der Waals surface area (Å²) in [6.45, 7) is 2.49. The Hall–Kier alpha value is -2.57. The zero-order valence-corrected chi connectivity index (χ0v) is 15.9. The lowest BCUT2D eigenvalue weighted by Gasteiger charge is -2.11. The Balaban J connectivity index is 1.98. The first kappa shape index (κ1) is 20.2. The molecule has 4 nitrogen and oxygen atoms in total. The average Bonchev–Trinajstić information content (AvgIpc) is 2.99. The van der Waals surface area contributed by atoms with Crippen molar-refractivity contribution in [2.45, 2.75) is 58.2 Å². The lowest BCUT2D eigenvalue weighted by Crippen LogP contribution is -2.17. The van der Waals surface area contributed by atoms with Crippen LogP contribution in [0, 0.1) is 0 Å². The molecule has 0 amide bonds. The Labute approximate surface area is 161 Å². The average molecular weight is 391 g/mol. The molecule has 0 saturated heterocycles. The third-order valence-corrected chi connectivity index (χ3v) is 4.84. The molecule has 0 unspecified atom stereocenters. The molecule has 150 valence electrons. The third kappa shape index (κ3) is 4.46. The Morgan fingerprint density at radius 3 is 2.39 bits per heavy atom. The number of halogens is 3. The standard InChI is InChI=1S/C21H24F3N3O/c1-2-3-4-5-6-10-13-27-19-18(26-20(27)28)16(21(22,23)24)14-17(25-19)15-11-8-7-9-12-15/h7-9,11-12,14H,2-6,10,13H2,1H3,(H,26,28). The maximum Gasteiger partial charge on any atom is 0.418 e. The van der Waals surface area contributed by atoms with Crippen LogP contribution in [0.5, 0.6) is 0 Å². The summed E-state index contributed by atoms with van der Waals surface area (Å²) in [7, 11) is 0. The number of hydrogen-bond donors (Lipinski definition) is 1. The second kappa shape index (κ2) is 8.63. The fourth-order valence-corrected chi connectivity index (χ4v) is 3.36. The van der Waals surface area contributed by atoms with Crippen molar-refractivity contribution >= 4 is 11.2 Å². The van der Waals surface area contributed by atoms with E-state index in [1.807, 2.05) is 0 Å². The molecule has 0 bridgehead atoms. The summed E-state index contributed by atoms with van der Waals surface area (Å²) in [5.41, 5.74) is -0.817. The van der Waals surface area contributed by atoms with Gasteiger partial charge in [0.15, 0.2) is 5.65 Å². The molecule has 0 radical (unpaired) electrons. The van der Waals surface area contributed by atoms with Gasteiger partial charge in [-0.15, -0.1) is 0 Å². The molecular weight excluding hydrogens is 367 g/mol. The first-order chi connectivity index (χ1) is 13.4. The van der Waals surface area contributed by atoms with Crippen LogP contribution in [0.3, 0.4) is 0 Å². The summed E-state index contributed by atoms with van der Waals surface area (Å²) < 4.78 is 42.2. The van der Waals surface area contributed by atoms with Crippen molar-refractivity contribution < 1.29 is 13.2 Å². The number of aromatic nitrogens is 3. The summed E-state index contributed by atoms with van der Waals surface area (Å²) >= 11 is 0. The summed E-state index contributed by atoms with van der Waals surface area (Å²) in [6, 6.07) is 9.69. The van der Waals surface area contributed by atoms with Crippen LogP contribution >= 0.6 is 0 Å². The van der Waals surface area contributed by atoms with Crippen molar-refractivity contribution in [2.24, 2.45) is 0 Å². The van der Waals surface area contributed by atoms with E-state index in [0.29, 0.717) is 12.1 Å². The Morgan fingerprint density at radius 2 is 1.71 bits per heavy atom. The molecule has 0 fully saturated rings. The summed E-state index contributed by atoms with van der Waals surface area (Å²) in [6.07, 6.45) is 1.59. The van der Waals surface area contributed by atoms with Gasteiger partial charge in [0.1, 0.15) is 0 Å². The highest BCUT2D eigenvalue weighted by molar-refractivity contribution is 5.80. The largest absolute Gasteiger partial charge is 0.418 e. The summed E-state index contributed by atoms with van der Waals surface area (Å²) in [5, 5.41) is 0. The van der Waals surface area contributed by atoms with Crippen LogP contribution in [0.4, 0.5) is 13.2 Å². The van der Waals surface area contributed by atoms with E-state index in [4.69, 9.17) is 0 Å². The van der Waals surface area contributed by atoms with E-state index >= 15 is 0 Å². The van der Waals surface area contributed by atoms with Gasteiger partial charge in [-0.05, 0) is 12.5 Å². The second-order valence-electron chi connectivity index (χ2n) is 6.97. The molecule has 1 aromatic carbocycles. The van der Waals surface area contributed by atoms with Crippen molar-refractivity contribution in [3.63, 3.8) is 0 Å². The lowest BCUT2D eigenvalue weighted by atomic mass is 10.1. The van der Waals surface area contributed by atoms with Crippen LogP contribution in [-0.2, 0) is 12.7 Å². The van der Waals surface area contributed by atoms with Crippen LogP contribution in [0.15, 0.2) is 41.2 Å². The van der Waals surface area contributed by atoms with Gasteiger partial charge >= 0.3 is 11.9 Å². The highest BCUT2D eigenvalue weighted by Gasteiger charge is 2.35. The predicted octanol–water partition coefficient (Wildman–Crippen LogP) is 5.77. The van der Waals surface area contributed by atoms with Crippen LogP contribution < -0.4 is 5.69 Å². The predicted molar refractivity (Wildman–Crippen MR) is 104 cm³/mol. The van der Waals surface area contributed by atoms with Gasteiger partial charge in [0.05, 0.1) is 16.8 Å². The van der Waals surface area contributed by atoms with Crippen molar-refractivity contribution in [1.29, 1.82) is 0 Å². The minimum atomic E-state index is -4.58. The number of nitrogens with zero attached hydrogens (tertiary/aromatic N) is 2. The van der Waals surface area contributed by atoms with E-state index in [2.05, 4.69) is 16.9 Å². The Morgan fingerprint density at radius 1 is 1.04 bits per heavy atom. The van der Waals surface area contributed by atoms with E-state index in [1.165, 1.54) is 11.0 Å². The van der Waals surface area contributed by atoms with E-state index in [9.17, 15) is 18.0 Å². The summed E-state index contributed by atoms with van der Waals surface area (Å²) in [4.78, 5) is 19.1. The van der Waals surface area contributed by atoms with Gasteiger partial charge in [-0.25, -0.2) is 9.78 Å². The van der Waals surface area contributed by atoms with E-state index < -0.39 is 17.4 Å². The number of hydrogen-bond acceptors (Lipinski definition) is 2. The second-order valence-corrected chi connectivity index (χ2v) is 6.97. The first-order valence-electron chi connectivity index (χ1n) is 9.68. The Kier molecular flexibility index (Phi) is 6.21. The van der Waals surface area contributed by atoms with Crippen molar-refractivity contribution in [2.75, 3.05) is 0 Å². The molecule has 0 atom stereocenters. The number of aryl methyl sites for hydroxylation is 1. The normalized spacial score (nSPS) is 12.0. The van der Waals surface area contributed by atoms with Crippen LogP contribution in [0.2, 0.25) is 0 Å². The zero-order chi connectivity index (χ0) is 20.1. The van der Waals surface area contributed by atoms with E-state index in [1.54, 1.807) is 30.3 Å². The van der Waals surface area contributed by atoms with Gasteiger partial charge in [0, 0.05) is 12.1 Å². The van der Waals surface area contributed by atoms with Gasteiger partial charge in [-0.3, -0.25) is 4.57 Å². The number of fused-ring (bicyclic) bond motifs is 1. The molecule has 28 heavy (non-hydrogen) atoms. The van der Waals surface area contributed by atoms with Crippen molar-refractivity contribution in [3.8, 4) is 11.3 Å². The number of H-pyrrole nitrogens is 1. The number of aromatic amines is 1. The van der Waals surface area contributed by atoms with Gasteiger partial charge in [-0.2, -0.15) is 13.2 Å². The molecule has 0 saturated carbocycles. The third-order valence-electron chi connectivity index (χ3n) is 4.84. The number of imidazole rings is 1. The zero-order valence-electron chi connectivity index (χ0n) is 15.9. The number of pyridine rings is 1. The number of alkyl halides is 3. The van der Waals surface area contributed by atoms with E-state index in [-0.39, 0.29) is 16.9 Å². The minimum absolute atomic E-state index is 0.0623. The lowest BCUT2D eigenvalue weighted by molar-refractivity contribution is -0.136. The van der Waals surface area contributed by atoms with Crippen LogP contribution in [0.1, 0.15) is 51.0 Å². The molecular formula is C21H24F3N3O. The van der Waals surface area contributed by atoms with Crippen molar-refractivity contribution in [3.05, 3.63) is 52.4 Å². The fourth-order valence-electron chi connectivity index (χ4n) is 3.36. The van der Waals surface area contributed by atoms with Gasteiger partial charge in [-0.1, -0.05) is 69.4 Å². The molecule has 2 heterocycles. The topological polar surface area (TPSA) is 50.7 Å². The van der Waals surface area contributed by atoms with Gasteiger partial charge in [0.25, 0.3) is 0 Å².